The summed E-state index contributed by atoms with van der Waals surface area (Å²) in [4.78, 5) is 10.7. The fourth-order valence-corrected chi connectivity index (χ4v) is 0.540. The molecule has 0 fully saturated rings. The number of carbonyl (C=O) groups excluding carboxylic acids is 1. The summed E-state index contributed by atoms with van der Waals surface area (Å²) in [5.41, 5.74) is -1.45. The molecule has 0 bridgehead atoms. The van der Waals surface area contributed by atoms with Gasteiger partial charge in [-0.25, -0.2) is 4.79 Å². The summed E-state index contributed by atoms with van der Waals surface area (Å²) in [7, 11) is 0. The number of nitrogens with zero attached hydrogens (tertiary/aromatic N) is 1. The van der Waals surface area contributed by atoms with Crippen LogP contribution in [0.4, 0.5) is 13.2 Å². The molecule has 0 radical (unpaired) electrons. The molecule has 0 saturated heterocycles. The van der Waals surface area contributed by atoms with Crippen molar-refractivity contribution < 1.29 is 27.8 Å². The Morgan fingerprint density at radius 2 is 2.00 bits per heavy atom. The fourth-order valence-electron chi connectivity index (χ4n) is 0.540. The van der Waals surface area contributed by atoms with Crippen molar-refractivity contribution in [2.45, 2.75) is 13.1 Å². The molecule has 80 valence electrons. The van der Waals surface area contributed by atoms with E-state index in [1.165, 1.54) is 6.92 Å². The van der Waals surface area contributed by atoms with Crippen molar-refractivity contribution in [3.8, 4) is 6.07 Å². The number of carbonyl (C=O) groups is 1. The van der Waals surface area contributed by atoms with Gasteiger partial charge in [0.2, 0.25) is 5.76 Å². The zero-order valence-corrected chi connectivity index (χ0v) is 7.05. The van der Waals surface area contributed by atoms with Crippen LogP contribution >= 0.6 is 0 Å². The van der Waals surface area contributed by atoms with E-state index in [0.717, 1.165) is 6.07 Å². The molecule has 0 spiro atoms. The molecule has 0 atom stereocenters. The second-order valence-corrected chi connectivity index (χ2v) is 2.05. The van der Waals surface area contributed by atoms with E-state index in [-0.39, 0.29) is 36.2 Å². The predicted octanol–water partition coefficient (Wildman–Crippen LogP) is 0.799. The average molecular weight is 233 g/mol. The Hall–Kier alpha value is -0.710. The summed E-state index contributed by atoms with van der Waals surface area (Å²) in [6, 6.07) is 0.928. The van der Waals surface area contributed by atoms with Crippen LogP contribution in [0.15, 0.2) is 11.3 Å². The van der Waals surface area contributed by atoms with Crippen LogP contribution in [0.2, 0.25) is 0 Å². The van der Waals surface area contributed by atoms with Crippen molar-refractivity contribution in [2.75, 3.05) is 6.61 Å². The molecule has 8 heteroatoms. The molecular formula is C7H7F3NNaO3. The topological polar surface area (TPSA) is 70.3 Å². The van der Waals surface area contributed by atoms with Crippen molar-refractivity contribution in [3.05, 3.63) is 11.3 Å². The van der Waals surface area contributed by atoms with E-state index >= 15 is 0 Å². The Balaban J connectivity index is 0. The summed E-state index contributed by atoms with van der Waals surface area (Å²) in [5.74, 6) is -3.73. The Labute approximate surface area is 106 Å². The molecule has 4 nitrogen and oxygen atoms in total. The van der Waals surface area contributed by atoms with E-state index < -0.39 is 23.5 Å². The summed E-state index contributed by atoms with van der Waals surface area (Å²) >= 11 is 0. The molecule has 0 heterocycles. The molecule has 15 heavy (non-hydrogen) atoms. The molecule has 0 aliphatic heterocycles. The Morgan fingerprint density at radius 3 is 2.27 bits per heavy atom. The molecule has 0 aliphatic rings. The molecule has 1 N–H and O–H groups in total. The number of rotatable bonds is 2. The zero-order chi connectivity index (χ0) is 11.4. The van der Waals surface area contributed by atoms with Gasteiger partial charge in [0.15, 0.2) is 5.57 Å². The first-order valence-electron chi connectivity index (χ1n) is 3.42. The van der Waals surface area contributed by atoms with Gasteiger partial charge in [-0.05, 0) is 6.92 Å². The number of nitriles is 1. The molecule has 0 unspecified atom stereocenters. The van der Waals surface area contributed by atoms with Crippen LogP contribution < -0.4 is 0 Å². The van der Waals surface area contributed by atoms with Crippen LogP contribution in [0.25, 0.3) is 0 Å². The number of esters is 1. The summed E-state index contributed by atoms with van der Waals surface area (Å²) < 4.78 is 39.6. The zero-order valence-electron chi connectivity index (χ0n) is 7.05. The van der Waals surface area contributed by atoms with Crippen molar-refractivity contribution in [1.82, 2.24) is 0 Å². The first kappa shape index (κ1) is 16.7. The average Bonchev–Trinajstić information content (AvgIpc) is 2.04. The second-order valence-electron chi connectivity index (χ2n) is 2.05. The van der Waals surface area contributed by atoms with Crippen molar-refractivity contribution in [1.29, 1.82) is 5.26 Å². The number of hydrogen-bond acceptors (Lipinski definition) is 4. The quantitative estimate of drug-likeness (QED) is 0.252. The van der Waals surface area contributed by atoms with Gasteiger partial charge in [-0.1, -0.05) is 0 Å². The molecule has 0 aromatic heterocycles. The van der Waals surface area contributed by atoms with Gasteiger partial charge < -0.3 is 9.84 Å². The fraction of sp³-hybridized carbons (Fsp3) is 0.429. The van der Waals surface area contributed by atoms with E-state index in [1.807, 2.05) is 0 Å². The molecule has 0 aromatic carbocycles. The van der Waals surface area contributed by atoms with Crippen molar-refractivity contribution in [2.24, 2.45) is 0 Å². The second kappa shape index (κ2) is 6.71. The number of allylic oxidation sites excluding steroid dienone is 1. The van der Waals surface area contributed by atoms with E-state index in [2.05, 4.69) is 4.74 Å². The molecule has 0 rings (SSSR count). The number of ether oxygens (including phenoxy) is 1. The van der Waals surface area contributed by atoms with Gasteiger partial charge in [-0.3, -0.25) is 0 Å². The first-order valence-corrected chi connectivity index (χ1v) is 3.42. The van der Waals surface area contributed by atoms with Crippen LogP contribution in [-0.4, -0.2) is 53.4 Å². The van der Waals surface area contributed by atoms with Gasteiger partial charge >= 0.3 is 41.7 Å². The van der Waals surface area contributed by atoms with Crippen LogP contribution in [0.3, 0.4) is 0 Å². The number of aliphatic hydroxyl groups excluding tert-OH is 1. The predicted molar refractivity (Wildman–Crippen MR) is 45.1 cm³/mol. The summed E-state index contributed by atoms with van der Waals surface area (Å²) in [5, 5.41) is 16.7. The number of aliphatic hydroxyl groups is 1. The molecule has 0 saturated carbocycles. The number of halogens is 3. The van der Waals surface area contributed by atoms with Gasteiger partial charge in [-0.15, -0.1) is 0 Å². The van der Waals surface area contributed by atoms with Crippen LogP contribution in [0.1, 0.15) is 6.92 Å². The van der Waals surface area contributed by atoms with Crippen LogP contribution in [0.5, 0.6) is 0 Å². The van der Waals surface area contributed by atoms with Gasteiger partial charge in [0.05, 0.1) is 6.61 Å². The minimum atomic E-state index is -5.13. The molecule has 0 aliphatic carbocycles. The third-order valence-corrected chi connectivity index (χ3v) is 1.10. The van der Waals surface area contributed by atoms with Gasteiger partial charge in [-0.2, -0.15) is 18.4 Å². The van der Waals surface area contributed by atoms with Crippen molar-refractivity contribution in [3.63, 3.8) is 0 Å². The van der Waals surface area contributed by atoms with Gasteiger partial charge in [0, 0.05) is 0 Å². The Bertz CT molecular complexity index is 306. The summed E-state index contributed by atoms with van der Waals surface area (Å²) in [6.45, 7) is 1.17. The van der Waals surface area contributed by atoms with Gasteiger partial charge in [0.25, 0.3) is 0 Å². The summed E-state index contributed by atoms with van der Waals surface area (Å²) in [6.07, 6.45) is -5.13. The standard InChI is InChI=1S/C7H6F3NO3.Na.H/c1-2-14-6(13)4(3-11)5(12)7(8,9)10;;/h12H,2H2,1H3;;/b5-4-;;. The number of alkyl halides is 3. The molecule has 0 aromatic rings. The normalized spacial score (nSPS) is 11.9. The van der Waals surface area contributed by atoms with E-state index in [0.29, 0.717) is 0 Å². The van der Waals surface area contributed by atoms with Crippen molar-refractivity contribution >= 4 is 35.5 Å². The monoisotopic (exact) mass is 233 g/mol. The third-order valence-electron chi connectivity index (χ3n) is 1.10. The molecule has 0 amide bonds. The van der Waals surface area contributed by atoms with E-state index in [4.69, 9.17) is 10.4 Å². The van der Waals surface area contributed by atoms with Crippen LogP contribution in [0, 0.1) is 11.3 Å². The van der Waals surface area contributed by atoms with Crippen LogP contribution in [-0.2, 0) is 9.53 Å². The number of hydrogen-bond donors (Lipinski definition) is 1. The van der Waals surface area contributed by atoms with E-state index in [1.54, 1.807) is 0 Å². The Morgan fingerprint density at radius 1 is 1.53 bits per heavy atom. The first-order chi connectivity index (χ1) is 6.34. The van der Waals surface area contributed by atoms with Gasteiger partial charge in [0.1, 0.15) is 6.07 Å². The Kier molecular flexibility index (Phi) is 7.48. The third kappa shape index (κ3) is 5.06. The SMILES string of the molecule is CCOC(=O)/C(C#N)=C(\O)C(F)(F)F.[NaH]. The maximum atomic E-state index is 11.8. The van der Waals surface area contributed by atoms with E-state index in [9.17, 15) is 18.0 Å². The minimum absolute atomic E-state index is 0. The molecular weight excluding hydrogens is 226 g/mol. The maximum absolute atomic E-state index is 11.8.